The Morgan fingerprint density at radius 1 is 0.947 bits per heavy atom. The molecular formula is C17H22N2. The Morgan fingerprint density at radius 3 is 2.32 bits per heavy atom. The predicted octanol–water partition coefficient (Wildman–Crippen LogP) is 4.47. The molecule has 0 aliphatic rings. The van der Waals surface area contributed by atoms with Crippen molar-refractivity contribution in [1.82, 2.24) is 9.97 Å². The van der Waals surface area contributed by atoms with Gasteiger partial charge in [0.1, 0.15) is 0 Å². The molecule has 0 bridgehead atoms. The van der Waals surface area contributed by atoms with E-state index in [0.717, 1.165) is 0 Å². The van der Waals surface area contributed by atoms with Crippen LogP contribution in [0, 0.1) is 6.92 Å². The number of hydrogen-bond donors (Lipinski definition) is 0. The lowest BCUT2D eigenvalue weighted by atomic mass is 9.90. The summed E-state index contributed by atoms with van der Waals surface area (Å²) in [5, 5.41) is 0. The second-order valence-corrected chi connectivity index (χ2v) is 5.37. The first-order valence-corrected chi connectivity index (χ1v) is 7.00. The Hall–Kier alpha value is -1.70. The number of rotatable bonds is 5. The molecule has 0 N–H and O–H groups in total. The Balaban J connectivity index is 1.94. The maximum Gasteiger partial charge on any atom is 0.0460 e. The molecule has 0 spiro atoms. The molecule has 2 unspecified atom stereocenters. The number of pyridine rings is 2. The molecule has 0 aromatic carbocycles. The topological polar surface area (TPSA) is 25.8 Å². The average Bonchev–Trinajstić information content (AvgIpc) is 2.46. The molecule has 19 heavy (non-hydrogen) atoms. The van der Waals surface area contributed by atoms with Crippen molar-refractivity contribution in [2.45, 2.75) is 45.4 Å². The van der Waals surface area contributed by atoms with Gasteiger partial charge in [-0.3, -0.25) is 9.97 Å². The minimum atomic E-state index is 0.519. The SMILES string of the molecule is Cc1cccnc1C(C)CCC(C)c1ccncc1. The highest BCUT2D eigenvalue weighted by atomic mass is 14.7. The van der Waals surface area contributed by atoms with Crippen LogP contribution in [0.25, 0.3) is 0 Å². The van der Waals surface area contributed by atoms with Crippen molar-refractivity contribution in [3.63, 3.8) is 0 Å². The van der Waals surface area contributed by atoms with E-state index in [2.05, 4.69) is 48.9 Å². The van der Waals surface area contributed by atoms with Crippen LogP contribution >= 0.6 is 0 Å². The summed E-state index contributed by atoms with van der Waals surface area (Å²) in [6.45, 7) is 6.70. The molecule has 2 atom stereocenters. The third-order valence-corrected chi connectivity index (χ3v) is 3.82. The lowest BCUT2D eigenvalue weighted by molar-refractivity contribution is 0.563. The summed E-state index contributed by atoms with van der Waals surface area (Å²) < 4.78 is 0. The zero-order valence-electron chi connectivity index (χ0n) is 12.0. The van der Waals surface area contributed by atoms with Gasteiger partial charge in [-0.1, -0.05) is 19.9 Å². The second kappa shape index (κ2) is 6.46. The van der Waals surface area contributed by atoms with Crippen molar-refractivity contribution in [2.24, 2.45) is 0 Å². The van der Waals surface area contributed by atoms with Gasteiger partial charge in [-0.2, -0.15) is 0 Å². The van der Waals surface area contributed by atoms with Gasteiger partial charge >= 0.3 is 0 Å². The van der Waals surface area contributed by atoms with Gasteiger partial charge in [0.05, 0.1) is 0 Å². The zero-order valence-corrected chi connectivity index (χ0v) is 12.0. The van der Waals surface area contributed by atoms with Crippen LogP contribution in [-0.4, -0.2) is 9.97 Å². The van der Waals surface area contributed by atoms with E-state index in [0.29, 0.717) is 11.8 Å². The van der Waals surface area contributed by atoms with E-state index in [9.17, 15) is 0 Å². The normalized spacial score (nSPS) is 14.1. The molecule has 0 amide bonds. The van der Waals surface area contributed by atoms with E-state index in [-0.39, 0.29) is 0 Å². The standard InChI is InChI=1S/C17H22N2/c1-13(16-8-11-18-12-9-16)6-7-15(3)17-14(2)5-4-10-19-17/h4-5,8-13,15H,6-7H2,1-3H3. The molecule has 0 fully saturated rings. The van der Waals surface area contributed by atoms with Crippen LogP contribution in [0.5, 0.6) is 0 Å². The van der Waals surface area contributed by atoms with E-state index in [1.165, 1.54) is 29.7 Å². The molecule has 0 radical (unpaired) electrons. The Morgan fingerprint density at radius 2 is 1.63 bits per heavy atom. The third kappa shape index (κ3) is 3.63. The Labute approximate surface area is 115 Å². The fraction of sp³-hybridized carbons (Fsp3) is 0.412. The van der Waals surface area contributed by atoms with Gasteiger partial charge in [-0.05, 0) is 60.9 Å². The highest BCUT2D eigenvalue weighted by Crippen LogP contribution is 2.27. The summed E-state index contributed by atoms with van der Waals surface area (Å²) in [5.74, 6) is 1.10. The quantitative estimate of drug-likeness (QED) is 0.786. The molecule has 100 valence electrons. The summed E-state index contributed by atoms with van der Waals surface area (Å²) in [7, 11) is 0. The first kappa shape index (κ1) is 13.7. The summed E-state index contributed by atoms with van der Waals surface area (Å²) in [6, 6.07) is 8.37. The van der Waals surface area contributed by atoms with Gasteiger partial charge in [-0.15, -0.1) is 0 Å². The number of hydrogen-bond acceptors (Lipinski definition) is 2. The van der Waals surface area contributed by atoms with Gasteiger partial charge in [0.25, 0.3) is 0 Å². The lowest BCUT2D eigenvalue weighted by Gasteiger charge is -2.16. The Kier molecular flexibility index (Phi) is 4.67. The second-order valence-electron chi connectivity index (χ2n) is 5.37. The molecule has 0 aliphatic carbocycles. The molecule has 2 nitrogen and oxygen atoms in total. The first-order valence-electron chi connectivity index (χ1n) is 7.00. The molecular weight excluding hydrogens is 232 g/mol. The fourth-order valence-corrected chi connectivity index (χ4v) is 2.51. The monoisotopic (exact) mass is 254 g/mol. The predicted molar refractivity (Wildman–Crippen MR) is 79.3 cm³/mol. The largest absolute Gasteiger partial charge is 0.265 e. The van der Waals surface area contributed by atoms with Crippen LogP contribution in [0.15, 0.2) is 42.9 Å². The Bertz CT molecular complexity index is 508. The highest BCUT2D eigenvalue weighted by Gasteiger charge is 2.12. The van der Waals surface area contributed by atoms with E-state index in [4.69, 9.17) is 0 Å². The number of nitrogens with zero attached hydrogens (tertiary/aromatic N) is 2. The van der Waals surface area contributed by atoms with E-state index >= 15 is 0 Å². The molecule has 2 heteroatoms. The van der Waals surface area contributed by atoms with Gasteiger partial charge in [0, 0.05) is 24.3 Å². The number of aryl methyl sites for hydroxylation is 1. The van der Waals surface area contributed by atoms with Gasteiger partial charge in [0.15, 0.2) is 0 Å². The summed E-state index contributed by atoms with van der Waals surface area (Å²) in [6.07, 6.45) is 7.99. The maximum atomic E-state index is 4.52. The summed E-state index contributed by atoms with van der Waals surface area (Å²) >= 11 is 0. The van der Waals surface area contributed by atoms with Gasteiger partial charge in [0.2, 0.25) is 0 Å². The molecule has 2 aromatic heterocycles. The maximum absolute atomic E-state index is 4.52. The molecule has 0 saturated heterocycles. The van der Waals surface area contributed by atoms with Crippen molar-refractivity contribution in [3.05, 3.63) is 59.7 Å². The minimum absolute atomic E-state index is 0.519. The van der Waals surface area contributed by atoms with E-state index < -0.39 is 0 Å². The van der Waals surface area contributed by atoms with Crippen molar-refractivity contribution < 1.29 is 0 Å². The summed E-state index contributed by atoms with van der Waals surface area (Å²) in [5.41, 5.74) is 3.91. The minimum Gasteiger partial charge on any atom is -0.265 e. The van der Waals surface area contributed by atoms with E-state index in [1.807, 2.05) is 24.7 Å². The van der Waals surface area contributed by atoms with Crippen LogP contribution in [0.3, 0.4) is 0 Å². The van der Waals surface area contributed by atoms with Crippen molar-refractivity contribution in [2.75, 3.05) is 0 Å². The molecule has 2 rings (SSSR count). The van der Waals surface area contributed by atoms with Crippen molar-refractivity contribution in [1.29, 1.82) is 0 Å². The molecule has 0 aliphatic heterocycles. The highest BCUT2D eigenvalue weighted by molar-refractivity contribution is 5.21. The van der Waals surface area contributed by atoms with Gasteiger partial charge < -0.3 is 0 Å². The fourth-order valence-electron chi connectivity index (χ4n) is 2.51. The number of aromatic nitrogens is 2. The van der Waals surface area contributed by atoms with E-state index in [1.54, 1.807) is 0 Å². The molecule has 2 aromatic rings. The van der Waals surface area contributed by atoms with Crippen LogP contribution < -0.4 is 0 Å². The van der Waals surface area contributed by atoms with Crippen LogP contribution in [0.2, 0.25) is 0 Å². The van der Waals surface area contributed by atoms with Crippen LogP contribution in [0.4, 0.5) is 0 Å². The van der Waals surface area contributed by atoms with Crippen molar-refractivity contribution in [3.8, 4) is 0 Å². The summed E-state index contributed by atoms with van der Waals surface area (Å²) in [4.78, 5) is 8.59. The average molecular weight is 254 g/mol. The van der Waals surface area contributed by atoms with Crippen molar-refractivity contribution >= 4 is 0 Å². The van der Waals surface area contributed by atoms with Crippen LogP contribution in [-0.2, 0) is 0 Å². The van der Waals surface area contributed by atoms with Gasteiger partial charge in [-0.25, -0.2) is 0 Å². The van der Waals surface area contributed by atoms with Crippen LogP contribution in [0.1, 0.15) is 55.3 Å². The first-order chi connectivity index (χ1) is 9.18. The lowest BCUT2D eigenvalue weighted by Crippen LogP contribution is -2.02. The molecule has 2 heterocycles. The zero-order chi connectivity index (χ0) is 13.7. The third-order valence-electron chi connectivity index (χ3n) is 3.82. The smallest absolute Gasteiger partial charge is 0.0460 e. The molecule has 0 saturated carbocycles.